The molecule has 1 aliphatic rings. The first-order chi connectivity index (χ1) is 12.1. The van der Waals surface area contributed by atoms with Gasteiger partial charge >= 0.3 is 0 Å². The van der Waals surface area contributed by atoms with Gasteiger partial charge in [-0.1, -0.05) is 42.5 Å². The van der Waals surface area contributed by atoms with Crippen LogP contribution < -0.4 is 15.8 Å². The second-order valence-corrected chi connectivity index (χ2v) is 6.57. The van der Waals surface area contributed by atoms with Gasteiger partial charge in [0.15, 0.2) is 0 Å². The molecule has 1 heterocycles. The van der Waals surface area contributed by atoms with E-state index in [1.807, 2.05) is 42.5 Å². The molecule has 0 aromatic heterocycles. The van der Waals surface area contributed by atoms with E-state index in [4.69, 9.17) is 10.5 Å². The monoisotopic (exact) mass is 339 g/mol. The van der Waals surface area contributed by atoms with Crippen LogP contribution in [0.4, 0.5) is 5.69 Å². The Bertz CT molecular complexity index is 720. The summed E-state index contributed by atoms with van der Waals surface area (Å²) in [6.45, 7) is 2.34. The van der Waals surface area contributed by atoms with Crippen LogP contribution in [0.3, 0.4) is 0 Å². The zero-order valence-electron chi connectivity index (χ0n) is 14.6. The minimum absolute atomic E-state index is 0.323. The summed E-state index contributed by atoms with van der Waals surface area (Å²) in [6.07, 6.45) is 1.63. The lowest BCUT2D eigenvalue weighted by atomic mass is 9.87. The molecule has 5 heteroatoms. The molecule has 0 saturated carbocycles. The Labute approximate surface area is 148 Å². The van der Waals surface area contributed by atoms with Gasteiger partial charge in [0.2, 0.25) is 5.91 Å². The van der Waals surface area contributed by atoms with E-state index >= 15 is 0 Å². The molecule has 0 bridgehead atoms. The zero-order valence-corrected chi connectivity index (χ0v) is 14.6. The third-order valence-electron chi connectivity index (χ3n) is 4.77. The van der Waals surface area contributed by atoms with Crippen molar-refractivity contribution in [3.63, 3.8) is 0 Å². The summed E-state index contributed by atoms with van der Waals surface area (Å²) in [5.41, 5.74) is 7.07. The van der Waals surface area contributed by atoms with Crippen LogP contribution in [0.1, 0.15) is 18.4 Å². The average Bonchev–Trinajstić information content (AvgIpc) is 2.63. The van der Waals surface area contributed by atoms with Gasteiger partial charge in [-0.3, -0.25) is 9.69 Å². The van der Waals surface area contributed by atoms with Crippen molar-refractivity contribution in [3.05, 3.63) is 60.2 Å². The molecule has 1 amide bonds. The number of carbonyl (C=O) groups is 1. The highest BCUT2D eigenvalue weighted by Gasteiger charge is 2.41. The van der Waals surface area contributed by atoms with Gasteiger partial charge in [0.05, 0.1) is 12.8 Å². The molecule has 1 atom stereocenters. The molecule has 5 nitrogen and oxygen atoms in total. The van der Waals surface area contributed by atoms with Gasteiger partial charge in [-0.25, -0.2) is 0 Å². The highest BCUT2D eigenvalue weighted by atomic mass is 16.5. The van der Waals surface area contributed by atoms with Gasteiger partial charge in [0, 0.05) is 13.1 Å². The topological polar surface area (TPSA) is 67.6 Å². The van der Waals surface area contributed by atoms with E-state index in [1.54, 1.807) is 7.11 Å². The average molecular weight is 339 g/mol. The number of nitrogens with zero attached hydrogens (tertiary/aromatic N) is 1. The van der Waals surface area contributed by atoms with E-state index in [0.29, 0.717) is 18.7 Å². The lowest BCUT2D eigenvalue weighted by molar-refractivity contribution is -0.124. The summed E-state index contributed by atoms with van der Waals surface area (Å²) in [5.74, 6) is 0.388. The van der Waals surface area contributed by atoms with Crippen molar-refractivity contribution in [2.24, 2.45) is 5.73 Å². The second-order valence-electron chi connectivity index (χ2n) is 6.57. The molecule has 1 unspecified atom stereocenters. The highest BCUT2D eigenvalue weighted by molar-refractivity contribution is 5.89. The predicted molar refractivity (Wildman–Crippen MR) is 99.5 cm³/mol. The predicted octanol–water partition coefficient (Wildman–Crippen LogP) is 2.63. The first kappa shape index (κ1) is 17.3. The van der Waals surface area contributed by atoms with Crippen molar-refractivity contribution in [1.82, 2.24) is 4.90 Å². The van der Waals surface area contributed by atoms with Gasteiger partial charge in [-0.05, 0) is 37.1 Å². The highest BCUT2D eigenvalue weighted by Crippen LogP contribution is 2.31. The number of benzene rings is 2. The molecule has 132 valence electrons. The minimum atomic E-state index is -0.790. The number of anilines is 1. The van der Waals surface area contributed by atoms with Crippen molar-refractivity contribution < 1.29 is 9.53 Å². The smallest absolute Gasteiger partial charge is 0.244 e. The summed E-state index contributed by atoms with van der Waals surface area (Å²) >= 11 is 0. The first-order valence-electron chi connectivity index (χ1n) is 8.60. The van der Waals surface area contributed by atoms with E-state index in [0.717, 1.165) is 25.2 Å². The van der Waals surface area contributed by atoms with Crippen LogP contribution in [0.25, 0.3) is 0 Å². The van der Waals surface area contributed by atoms with E-state index in [-0.39, 0.29) is 5.91 Å². The summed E-state index contributed by atoms with van der Waals surface area (Å²) in [4.78, 5) is 14.7. The fraction of sp³-hybridized carbons (Fsp3) is 0.350. The number of ether oxygens (including phenoxy) is 1. The van der Waals surface area contributed by atoms with Crippen molar-refractivity contribution >= 4 is 11.6 Å². The number of nitrogens with one attached hydrogen (secondary N) is 1. The molecule has 1 aliphatic heterocycles. The number of likely N-dealkylation sites (tertiary alicyclic amines) is 1. The molecular weight excluding hydrogens is 314 g/mol. The molecule has 1 saturated heterocycles. The molecule has 25 heavy (non-hydrogen) atoms. The molecule has 0 spiro atoms. The normalized spacial score (nSPS) is 20.8. The van der Waals surface area contributed by atoms with E-state index in [1.165, 1.54) is 5.56 Å². The molecule has 0 radical (unpaired) electrons. The molecular formula is C20H25N3O2. The molecule has 2 aromatic rings. The van der Waals surface area contributed by atoms with Crippen LogP contribution in [-0.4, -0.2) is 36.5 Å². The number of primary amides is 1. The zero-order chi connectivity index (χ0) is 17.7. The maximum absolute atomic E-state index is 12.4. The second kappa shape index (κ2) is 7.57. The fourth-order valence-electron chi connectivity index (χ4n) is 3.49. The largest absolute Gasteiger partial charge is 0.495 e. The minimum Gasteiger partial charge on any atom is -0.495 e. The Morgan fingerprint density at radius 1 is 1.20 bits per heavy atom. The quantitative estimate of drug-likeness (QED) is 0.849. The number of carbonyl (C=O) groups excluding carboxylic acids is 1. The lowest BCUT2D eigenvalue weighted by Crippen LogP contribution is -2.60. The number of para-hydroxylation sites is 2. The van der Waals surface area contributed by atoms with Gasteiger partial charge in [-0.15, -0.1) is 0 Å². The van der Waals surface area contributed by atoms with Crippen LogP contribution in [0.15, 0.2) is 54.6 Å². The molecule has 3 N–H and O–H groups in total. The van der Waals surface area contributed by atoms with E-state index in [9.17, 15) is 4.79 Å². The Kier molecular flexibility index (Phi) is 5.24. The Balaban J connectivity index is 1.80. The van der Waals surface area contributed by atoms with Crippen LogP contribution in [0, 0.1) is 0 Å². The van der Waals surface area contributed by atoms with Crippen molar-refractivity contribution in [2.75, 3.05) is 25.5 Å². The summed E-state index contributed by atoms with van der Waals surface area (Å²) in [6, 6.07) is 17.9. The Hall–Kier alpha value is -2.53. The van der Waals surface area contributed by atoms with Gasteiger partial charge in [-0.2, -0.15) is 0 Å². The number of piperidine rings is 1. The Morgan fingerprint density at radius 3 is 2.64 bits per heavy atom. The third-order valence-corrected chi connectivity index (χ3v) is 4.77. The molecule has 3 rings (SSSR count). The standard InChI is InChI=1S/C20H25N3O2/c1-25-18-11-6-5-10-17(18)22-20(19(21)24)12-7-13-23(15-20)14-16-8-3-2-4-9-16/h2-6,8-11,22H,7,12-15H2,1H3,(H2,21,24). The number of amides is 1. The SMILES string of the molecule is COc1ccccc1NC1(C(N)=O)CCCN(Cc2ccccc2)C1. The van der Waals surface area contributed by atoms with E-state index in [2.05, 4.69) is 22.3 Å². The number of hydrogen-bond acceptors (Lipinski definition) is 4. The third kappa shape index (κ3) is 3.94. The molecule has 1 fully saturated rings. The summed E-state index contributed by atoms with van der Waals surface area (Å²) in [7, 11) is 1.63. The number of rotatable bonds is 6. The van der Waals surface area contributed by atoms with Crippen LogP contribution in [0.2, 0.25) is 0 Å². The Morgan fingerprint density at radius 2 is 1.92 bits per heavy atom. The maximum atomic E-state index is 12.4. The van der Waals surface area contributed by atoms with Crippen molar-refractivity contribution in [3.8, 4) is 5.75 Å². The number of nitrogens with two attached hydrogens (primary N) is 1. The number of methoxy groups -OCH3 is 1. The summed E-state index contributed by atoms with van der Waals surface area (Å²) < 4.78 is 5.41. The van der Waals surface area contributed by atoms with E-state index < -0.39 is 5.54 Å². The maximum Gasteiger partial charge on any atom is 0.244 e. The fourth-order valence-corrected chi connectivity index (χ4v) is 3.49. The van der Waals surface area contributed by atoms with Crippen LogP contribution >= 0.6 is 0 Å². The van der Waals surface area contributed by atoms with Crippen LogP contribution in [-0.2, 0) is 11.3 Å². The van der Waals surface area contributed by atoms with Gasteiger partial charge < -0.3 is 15.8 Å². The van der Waals surface area contributed by atoms with Gasteiger partial charge in [0.25, 0.3) is 0 Å². The first-order valence-corrected chi connectivity index (χ1v) is 8.60. The molecule has 0 aliphatic carbocycles. The summed E-state index contributed by atoms with van der Waals surface area (Å²) in [5, 5.41) is 3.39. The van der Waals surface area contributed by atoms with Gasteiger partial charge in [0.1, 0.15) is 11.3 Å². The van der Waals surface area contributed by atoms with Crippen molar-refractivity contribution in [2.45, 2.75) is 24.9 Å². The lowest BCUT2D eigenvalue weighted by Gasteiger charge is -2.42. The van der Waals surface area contributed by atoms with Crippen molar-refractivity contribution in [1.29, 1.82) is 0 Å². The van der Waals surface area contributed by atoms with Crippen LogP contribution in [0.5, 0.6) is 5.75 Å². The number of hydrogen-bond donors (Lipinski definition) is 2. The molecule has 2 aromatic carbocycles.